The minimum absolute atomic E-state index is 0.0444. The van der Waals surface area contributed by atoms with Gasteiger partial charge in [-0.15, -0.1) is 0 Å². The molecule has 0 atom stereocenters. The van der Waals surface area contributed by atoms with Crippen LogP contribution in [0.25, 0.3) is 0 Å². The Morgan fingerprint density at radius 1 is 1.44 bits per heavy atom. The van der Waals surface area contributed by atoms with Gasteiger partial charge < -0.3 is 10.4 Å². The van der Waals surface area contributed by atoms with E-state index in [0.29, 0.717) is 11.8 Å². The zero-order valence-corrected chi connectivity index (χ0v) is 10.9. The van der Waals surface area contributed by atoms with Gasteiger partial charge in [-0.2, -0.15) is 0 Å². The van der Waals surface area contributed by atoms with E-state index < -0.39 is 0 Å². The number of nitrogens with one attached hydrogen (secondary N) is 1. The lowest BCUT2D eigenvalue weighted by Gasteiger charge is -2.14. The van der Waals surface area contributed by atoms with Crippen LogP contribution in [-0.4, -0.2) is 17.6 Å². The van der Waals surface area contributed by atoms with Gasteiger partial charge in [0.2, 0.25) is 5.91 Å². The average molecular weight is 247 g/mol. The summed E-state index contributed by atoms with van der Waals surface area (Å²) < 4.78 is 0. The molecule has 1 saturated carbocycles. The van der Waals surface area contributed by atoms with Crippen LogP contribution in [-0.2, 0) is 11.2 Å². The average Bonchev–Trinajstić information content (AvgIpc) is 3.08. The van der Waals surface area contributed by atoms with Crippen LogP contribution in [0.2, 0.25) is 0 Å². The van der Waals surface area contributed by atoms with Crippen LogP contribution in [0.15, 0.2) is 24.3 Å². The number of rotatable bonds is 6. The second-order valence-corrected chi connectivity index (χ2v) is 5.37. The largest absolute Gasteiger partial charge is 0.508 e. The SMILES string of the molecule is CCCC1(CNC(=O)Cc2cccc(O)c2)CC1. The van der Waals surface area contributed by atoms with E-state index in [1.54, 1.807) is 18.2 Å². The smallest absolute Gasteiger partial charge is 0.224 e. The first kappa shape index (κ1) is 12.9. The maximum atomic E-state index is 11.8. The predicted molar refractivity (Wildman–Crippen MR) is 71.4 cm³/mol. The van der Waals surface area contributed by atoms with Gasteiger partial charge in [-0.1, -0.05) is 25.5 Å². The summed E-state index contributed by atoms with van der Waals surface area (Å²) in [5.74, 6) is 0.257. The molecule has 1 aromatic rings. The molecule has 1 aliphatic rings. The van der Waals surface area contributed by atoms with Crippen LogP contribution >= 0.6 is 0 Å². The second kappa shape index (κ2) is 5.42. The molecule has 0 spiro atoms. The quantitative estimate of drug-likeness (QED) is 0.812. The van der Waals surface area contributed by atoms with Gasteiger partial charge in [0.1, 0.15) is 5.75 Å². The van der Waals surface area contributed by atoms with Crippen molar-refractivity contribution in [2.75, 3.05) is 6.54 Å². The third-order valence-electron chi connectivity index (χ3n) is 3.67. The highest BCUT2D eigenvalue weighted by Gasteiger charge is 2.41. The normalized spacial score (nSPS) is 16.3. The molecular formula is C15H21NO2. The van der Waals surface area contributed by atoms with Crippen molar-refractivity contribution in [1.29, 1.82) is 0 Å². The highest BCUT2D eigenvalue weighted by atomic mass is 16.3. The molecule has 18 heavy (non-hydrogen) atoms. The number of phenols is 1. The van der Waals surface area contributed by atoms with Crippen LogP contribution < -0.4 is 5.32 Å². The number of hydrogen-bond donors (Lipinski definition) is 2. The molecule has 0 aliphatic heterocycles. The number of aromatic hydroxyl groups is 1. The lowest BCUT2D eigenvalue weighted by atomic mass is 10.0. The zero-order valence-electron chi connectivity index (χ0n) is 10.9. The Labute approximate surface area is 108 Å². The first-order valence-corrected chi connectivity index (χ1v) is 6.68. The summed E-state index contributed by atoms with van der Waals surface area (Å²) in [6.07, 6.45) is 5.22. The Morgan fingerprint density at radius 3 is 2.83 bits per heavy atom. The minimum Gasteiger partial charge on any atom is -0.508 e. The van der Waals surface area contributed by atoms with E-state index in [9.17, 15) is 9.90 Å². The van der Waals surface area contributed by atoms with Crippen LogP contribution in [0, 0.1) is 5.41 Å². The Kier molecular flexibility index (Phi) is 3.90. The number of amides is 1. The fourth-order valence-electron chi connectivity index (χ4n) is 2.42. The van der Waals surface area contributed by atoms with Crippen molar-refractivity contribution in [3.63, 3.8) is 0 Å². The number of carbonyl (C=O) groups excluding carboxylic acids is 1. The first-order chi connectivity index (χ1) is 8.63. The maximum Gasteiger partial charge on any atom is 0.224 e. The Bertz CT molecular complexity index is 424. The number of carbonyl (C=O) groups is 1. The van der Waals surface area contributed by atoms with Crippen LogP contribution in [0.4, 0.5) is 0 Å². The molecule has 0 heterocycles. The topological polar surface area (TPSA) is 49.3 Å². The van der Waals surface area contributed by atoms with Crippen LogP contribution in [0.3, 0.4) is 0 Å². The zero-order chi connectivity index (χ0) is 13.0. The van der Waals surface area contributed by atoms with E-state index in [1.807, 2.05) is 6.07 Å². The second-order valence-electron chi connectivity index (χ2n) is 5.37. The molecule has 0 bridgehead atoms. The summed E-state index contributed by atoms with van der Waals surface area (Å²) in [6.45, 7) is 2.99. The molecule has 0 aromatic heterocycles. The number of hydrogen-bond acceptors (Lipinski definition) is 2. The van der Waals surface area contributed by atoms with Crippen molar-refractivity contribution >= 4 is 5.91 Å². The van der Waals surface area contributed by atoms with E-state index in [2.05, 4.69) is 12.2 Å². The number of phenolic OH excluding ortho intramolecular Hbond substituents is 1. The van der Waals surface area contributed by atoms with Crippen molar-refractivity contribution in [3.05, 3.63) is 29.8 Å². The van der Waals surface area contributed by atoms with Crippen LogP contribution in [0.5, 0.6) is 5.75 Å². The highest BCUT2D eigenvalue weighted by Crippen LogP contribution is 2.48. The summed E-state index contributed by atoms with van der Waals surface area (Å²) in [5.41, 5.74) is 1.25. The molecule has 0 saturated heterocycles. The molecule has 98 valence electrons. The van der Waals surface area contributed by atoms with E-state index in [1.165, 1.54) is 25.7 Å². The molecule has 2 N–H and O–H groups in total. The van der Waals surface area contributed by atoms with Crippen LogP contribution in [0.1, 0.15) is 38.2 Å². The predicted octanol–water partition coefficient (Wildman–Crippen LogP) is 2.63. The lowest BCUT2D eigenvalue weighted by molar-refractivity contribution is -0.120. The van der Waals surface area contributed by atoms with Crippen molar-refractivity contribution in [1.82, 2.24) is 5.32 Å². The molecule has 3 nitrogen and oxygen atoms in total. The Morgan fingerprint density at radius 2 is 2.22 bits per heavy atom. The van der Waals surface area contributed by atoms with E-state index in [4.69, 9.17) is 0 Å². The molecule has 1 amide bonds. The van der Waals surface area contributed by atoms with Gasteiger partial charge in [-0.05, 0) is 42.4 Å². The van der Waals surface area contributed by atoms with Gasteiger partial charge in [0, 0.05) is 6.54 Å². The third-order valence-corrected chi connectivity index (χ3v) is 3.67. The van der Waals surface area contributed by atoms with Crippen molar-refractivity contribution in [2.45, 2.75) is 39.0 Å². The van der Waals surface area contributed by atoms with Crippen molar-refractivity contribution in [2.24, 2.45) is 5.41 Å². The summed E-state index contributed by atoms with van der Waals surface area (Å²) in [6, 6.07) is 6.87. The van der Waals surface area contributed by atoms with E-state index in [0.717, 1.165) is 12.1 Å². The fraction of sp³-hybridized carbons (Fsp3) is 0.533. The molecule has 3 heteroatoms. The Balaban J connectivity index is 1.79. The first-order valence-electron chi connectivity index (χ1n) is 6.68. The molecule has 1 aliphatic carbocycles. The summed E-state index contributed by atoms with van der Waals surface area (Å²) >= 11 is 0. The summed E-state index contributed by atoms with van der Waals surface area (Å²) in [5, 5.41) is 12.4. The maximum absolute atomic E-state index is 11.8. The van der Waals surface area contributed by atoms with Gasteiger partial charge in [0.15, 0.2) is 0 Å². The highest BCUT2D eigenvalue weighted by molar-refractivity contribution is 5.78. The van der Waals surface area contributed by atoms with Gasteiger partial charge in [0.05, 0.1) is 6.42 Å². The van der Waals surface area contributed by atoms with E-state index >= 15 is 0 Å². The van der Waals surface area contributed by atoms with Crippen molar-refractivity contribution in [3.8, 4) is 5.75 Å². The molecular weight excluding hydrogens is 226 g/mol. The van der Waals surface area contributed by atoms with Gasteiger partial charge >= 0.3 is 0 Å². The summed E-state index contributed by atoms with van der Waals surface area (Å²) in [4.78, 5) is 11.8. The molecule has 1 aromatic carbocycles. The number of benzene rings is 1. The molecule has 0 radical (unpaired) electrons. The molecule has 0 unspecified atom stereocenters. The monoisotopic (exact) mass is 247 g/mol. The third kappa shape index (κ3) is 3.49. The van der Waals surface area contributed by atoms with Gasteiger partial charge in [0.25, 0.3) is 0 Å². The Hall–Kier alpha value is -1.51. The lowest BCUT2D eigenvalue weighted by Crippen LogP contribution is -2.31. The summed E-state index contributed by atoms with van der Waals surface area (Å²) in [7, 11) is 0. The van der Waals surface area contributed by atoms with E-state index in [-0.39, 0.29) is 11.7 Å². The fourth-order valence-corrected chi connectivity index (χ4v) is 2.42. The van der Waals surface area contributed by atoms with Gasteiger partial charge in [-0.25, -0.2) is 0 Å². The minimum atomic E-state index is 0.0444. The molecule has 1 fully saturated rings. The van der Waals surface area contributed by atoms with Crippen molar-refractivity contribution < 1.29 is 9.90 Å². The standard InChI is InChI=1S/C15H21NO2/c1-2-6-15(7-8-15)11-16-14(18)10-12-4-3-5-13(17)9-12/h3-5,9,17H,2,6-8,10-11H2,1H3,(H,16,18). The van der Waals surface area contributed by atoms with Gasteiger partial charge in [-0.3, -0.25) is 4.79 Å². The molecule has 2 rings (SSSR count).